The third-order valence-corrected chi connectivity index (χ3v) is 5.82. The molecule has 3 rings (SSSR count). The molecule has 1 aromatic heterocycles. The molecule has 1 saturated heterocycles. The van der Waals surface area contributed by atoms with Crippen molar-refractivity contribution in [3.8, 4) is 0 Å². The Morgan fingerprint density at radius 3 is 2.18 bits per heavy atom. The molecule has 1 aliphatic rings. The molecular weight excluding hydrogens is 350 g/mol. The van der Waals surface area contributed by atoms with Crippen LogP contribution in [-0.4, -0.2) is 48.9 Å². The summed E-state index contributed by atoms with van der Waals surface area (Å²) in [5, 5.41) is 0. The van der Waals surface area contributed by atoms with Gasteiger partial charge in [0.25, 0.3) is 0 Å². The van der Waals surface area contributed by atoms with Crippen molar-refractivity contribution in [2.24, 2.45) is 0 Å². The van der Waals surface area contributed by atoms with Gasteiger partial charge < -0.3 is 14.4 Å². The van der Waals surface area contributed by atoms with Crippen molar-refractivity contribution in [2.45, 2.75) is 40.7 Å². The van der Waals surface area contributed by atoms with Gasteiger partial charge in [-0.05, 0) is 65.0 Å². The fourth-order valence-corrected chi connectivity index (χ4v) is 4.34. The number of nitrogens with zero attached hydrogens (tertiary/aromatic N) is 2. The maximum atomic E-state index is 12.9. The highest BCUT2D eigenvalue weighted by Crippen LogP contribution is 2.20. The molecular formula is C23H32N3O2+. The van der Waals surface area contributed by atoms with Crippen molar-refractivity contribution < 1.29 is 14.5 Å². The molecule has 5 heteroatoms. The average Bonchev–Trinajstić information content (AvgIpc) is 2.97. The Morgan fingerprint density at radius 2 is 1.68 bits per heavy atom. The van der Waals surface area contributed by atoms with E-state index < -0.39 is 0 Å². The predicted octanol–water partition coefficient (Wildman–Crippen LogP) is 2.48. The normalized spacial score (nSPS) is 15.3. The number of hydrogen-bond donors (Lipinski definition) is 1. The number of aryl methyl sites for hydroxylation is 1. The van der Waals surface area contributed by atoms with Gasteiger partial charge in [0.15, 0.2) is 5.78 Å². The van der Waals surface area contributed by atoms with Gasteiger partial charge in [-0.15, -0.1) is 0 Å². The van der Waals surface area contributed by atoms with Gasteiger partial charge in [-0.3, -0.25) is 9.59 Å². The molecule has 28 heavy (non-hydrogen) atoms. The van der Waals surface area contributed by atoms with E-state index in [-0.39, 0.29) is 11.6 Å². The van der Waals surface area contributed by atoms with E-state index in [0.717, 1.165) is 54.4 Å². The van der Waals surface area contributed by atoms with E-state index in [1.165, 1.54) is 4.90 Å². The van der Waals surface area contributed by atoms with Gasteiger partial charge in [0.2, 0.25) is 5.78 Å². The van der Waals surface area contributed by atoms with Crippen molar-refractivity contribution in [2.75, 3.05) is 37.6 Å². The summed E-state index contributed by atoms with van der Waals surface area (Å²) >= 11 is 0. The van der Waals surface area contributed by atoms with Gasteiger partial charge in [0.1, 0.15) is 6.54 Å². The number of aromatic nitrogens is 1. The molecule has 0 saturated carbocycles. The van der Waals surface area contributed by atoms with Crippen LogP contribution in [0.1, 0.15) is 58.9 Å². The van der Waals surface area contributed by atoms with Crippen molar-refractivity contribution >= 4 is 17.3 Å². The fourth-order valence-electron chi connectivity index (χ4n) is 4.34. The predicted molar refractivity (Wildman–Crippen MR) is 113 cm³/mol. The third kappa shape index (κ3) is 4.20. The van der Waals surface area contributed by atoms with Gasteiger partial charge in [-0.25, -0.2) is 0 Å². The molecule has 0 aliphatic carbocycles. The fraction of sp³-hybridized carbons (Fsp3) is 0.478. The number of benzene rings is 1. The van der Waals surface area contributed by atoms with Crippen LogP contribution in [0, 0.1) is 13.8 Å². The van der Waals surface area contributed by atoms with E-state index in [4.69, 9.17) is 0 Å². The lowest BCUT2D eigenvalue weighted by atomic mass is 10.1. The largest absolute Gasteiger partial charge is 0.360 e. The Balaban J connectivity index is 1.59. The lowest BCUT2D eigenvalue weighted by Crippen LogP contribution is -3.15. The van der Waals surface area contributed by atoms with Crippen molar-refractivity contribution in [1.82, 2.24) is 4.57 Å². The van der Waals surface area contributed by atoms with Gasteiger partial charge >= 0.3 is 0 Å². The first-order valence-electron chi connectivity index (χ1n) is 10.2. The summed E-state index contributed by atoms with van der Waals surface area (Å²) in [5.74, 6) is 0.338. The summed E-state index contributed by atoms with van der Waals surface area (Å²) in [5.41, 5.74) is 5.01. The second-order valence-electron chi connectivity index (χ2n) is 8.19. The molecule has 1 aromatic carbocycles. The number of nitrogens with one attached hydrogen (secondary N) is 1. The summed E-state index contributed by atoms with van der Waals surface area (Å²) in [6.45, 7) is 14.3. The summed E-state index contributed by atoms with van der Waals surface area (Å²) in [4.78, 5) is 28.0. The van der Waals surface area contributed by atoms with Crippen LogP contribution in [-0.2, 0) is 0 Å². The lowest BCUT2D eigenvalue weighted by molar-refractivity contribution is -0.892. The van der Waals surface area contributed by atoms with Gasteiger partial charge in [0.05, 0.1) is 26.2 Å². The summed E-state index contributed by atoms with van der Waals surface area (Å²) in [6, 6.07) is 10.2. The van der Waals surface area contributed by atoms with Crippen molar-refractivity contribution in [3.63, 3.8) is 0 Å². The Morgan fingerprint density at radius 1 is 1.07 bits per heavy atom. The number of carbonyl (C=O) groups is 2. The smallest absolute Gasteiger partial charge is 0.218 e. The number of piperazine rings is 1. The van der Waals surface area contributed by atoms with Crippen molar-refractivity contribution in [1.29, 1.82) is 0 Å². The molecule has 0 radical (unpaired) electrons. The topological polar surface area (TPSA) is 46.8 Å². The van der Waals surface area contributed by atoms with Crippen LogP contribution in [0.5, 0.6) is 0 Å². The molecule has 2 aromatic rings. The lowest BCUT2D eigenvalue weighted by Gasteiger charge is -2.33. The highest BCUT2D eigenvalue weighted by atomic mass is 16.1. The molecule has 2 heterocycles. The number of hydrogen-bond acceptors (Lipinski definition) is 3. The minimum Gasteiger partial charge on any atom is -0.360 e. The number of Topliss-reactive ketones (excluding diaryl/α,β-unsaturated/α-hetero) is 2. The van der Waals surface area contributed by atoms with Crippen LogP contribution < -0.4 is 9.80 Å². The first kappa shape index (κ1) is 20.3. The van der Waals surface area contributed by atoms with E-state index in [1.54, 1.807) is 6.92 Å². The standard InChI is InChI=1S/C23H31N3O2/c1-16(2)26-17(3)14-22(18(26)4)23(28)15-24-10-12-25(13-11-24)21-8-6-20(7-9-21)19(5)27/h6-9,14,16H,10-13,15H2,1-5H3/p+1. The van der Waals surface area contributed by atoms with E-state index in [1.807, 2.05) is 30.3 Å². The monoisotopic (exact) mass is 382 g/mol. The maximum Gasteiger partial charge on any atom is 0.218 e. The second kappa shape index (κ2) is 8.31. The maximum absolute atomic E-state index is 12.9. The number of rotatable bonds is 6. The SMILES string of the molecule is CC(=O)c1ccc(N2CC[NH+](CC(=O)c3cc(C)n(C(C)C)c3C)CC2)cc1. The van der Waals surface area contributed by atoms with Gasteiger partial charge in [-0.1, -0.05) is 0 Å². The highest BCUT2D eigenvalue weighted by Gasteiger charge is 2.25. The van der Waals surface area contributed by atoms with E-state index in [2.05, 4.69) is 37.2 Å². The highest BCUT2D eigenvalue weighted by molar-refractivity contribution is 5.98. The van der Waals surface area contributed by atoms with Crippen LogP contribution >= 0.6 is 0 Å². The van der Waals surface area contributed by atoms with Crippen LogP contribution in [0.4, 0.5) is 5.69 Å². The van der Waals surface area contributed by atoms with E-state index in [9.17, 15) is 9.59 Å². The van der Waals surface area contributed by atoms with Gasteiger partial charge in [-0.2, -0.15) is 0 Å². The molecule has 0 atom stereocenters. The molecule has 0 bridgehead atoms. The zero-order valence-electron chi connectivity index (χ0n) is 17.7. The molecule has 0 amide bonds. The summed E-state index contributed by atoms with van der Waals surface area (Å²) in [7, 11) is 0. The molecule has 1 N–H and O–H groups in total. The number of quaternary nitrogens is 1. The molecule has 1 fully saturated rings. The minimum absolute atomic E-state index is 0.0937. The van der Waals surface area contributed by atoms with Crippen molar-refractivity contribution in [3.05, 3.63) is 52.8 Å². The zero-order valence-corrected chi connectivity index (χ0v) is 17.7. The third-order valence-electron chi connectivity index (χ3n) is 5.82. The van der Waals surface area contributed by atoms with Crippen LogP contribution in [0.2, 0.25) is 0 Å². The molecule has 150 valence electrons. The molecule has 0 unspecified atom stereocenters. The Bertz CT molecular complexity index is 857. The number of ketones is 2. The summed E-state index contributed by atoms with van der Waals surface area (Å²) in [6.07, 6.45) is 0. The Labute approximate surface area is 167 Å². The first-order valence-corrected chi connectivity index (χ1v) is 10.2. The quantitative estimate of drug-likeness (QED) is 0.781. The van der Waals surface area contributed by atoms with E-state index >= 15 is 0 Å². The molecule has 0 spiro atoms. The second-order valence-corrected chi connectivity index (χ2v) is 8.19. The zero-order chi connectivity index (χ0) is 20.4. The first-order chi connectivity index (χ1) is 13.3. The Hall–Kier alpha value is -2.40. The Kier molecular flexibility index (Phi) is 6.04. The number of anilines is 1. The molecule has 5 nitrogen and oxygen atoms in total. The van der Waals surface area contributed by atoms with Crippen LogP contribution in [0.15, 0.2) is 30.3 Å². The van der Waals surface area contributed by atoms with Gasteiger partial charge in [0, 0.05) is 34.2 Å². The number of carbonyl (C=O) groups excluding carboxylic acids is 2. The van der Waals surface area contributed by atoms with Crippen LogP contribution in [0.25, 0.3) is 0 Å². The minimum atomic E-state index is 0.0937. The summed E-state index contributed by atoms with van der Waals surface area (Å²) < 4.78 is 2.24. The molecule has 1 aliphatic heterocycles. The average molecular weight is 383 g/mol. The van der Waals surface area contributed by atoms with Crippen LogP contribution in [0.3, 0.4) is 0 Å². The van der Waals surface area contributed by atoms with E-state index in [0.29, 0.717) is 12.6 Å².